The van der Waals surface area contributed by atoms with E-state index in [0.717, 1.165) is 27.4 Å². The van der Waals surface area contributed by atoms with Gasteiger partial charge in [-0.15, -0.1) is 0 Å². The molecule has 2 atom stereocenters. The fraction of sp³-hybridized carbons (Fsp3) is 0.273. The number of hydrogen-bond acceptors (Lipinski definition) is 4. The first-order valence-electron chi connectivity index (χ1n) is 9.37. The van der Waals surface area contributed by atoms with Gasteiger partial charge in [0.15, 0.2) is 0 Å². The lowest BCUT2D eigenvalue weighted by Gasteiger charge is -2.27. The van der Waals surface area contributed by atoms with Gasteiger partial charge in [-0.1, -0.05) is 56.1 Å². The van der Waals surface area contributed by atoms with E-state index in [0.29, 0.717) is 18.7 Å². The summed E-state index contributed by atoms with van der Waals surface area (Å²) in [7, 11) is 0. The van der Waals surface area contributed by atoms with E-state index in [2.05, 4.69) is 31.9 Å². The molecular formula is C22H19Br2NO4. The smallest absolute Gasteiger partial charge is 0.295 e. The second-order valence-electron chi connectivity index (χ2n) is 7.14. The molecule has 5 nitrogen and oxygen atoms in total. The largest absolute Gasteiger partial charge is 0.507 e. The molecule has 2 unspecified atom stereocenters. The number of amides is 1. The molecule has 2 saturated heterocycles. The van der Waals surface area contributed by atoms with Crippen LogP contribution in [0.15, 0.2) is 63.0 Å². The first kappa shape index (κ1) is 20.3. The van der Waals surface area contributed by atoms with Crippen LogP contribution in [0.2, 0.25) is 0 Å². The highest BCUT2D eigenvalue weighted by atomic mass is 79.9. The molecule has 0 radical (unpaired) electrons. The van der Waals surface area contributed by atoms with Crippen LogP contribution in [0.1, 0.15) is 30.0 Å². The molecule has 1 N–H and O–H groups in total. The monoisotopic (exact) mass is 519 g/mol. The molecule has 0 spiro atoms. The van der Waals surface area contributed by atoms with E-state index in [4.69, 9.17) is 4.74 Å². The number of Topliss-reactive ketones (excluding diaryl/α,β-unsaturated/α-hetero) is 1. The summed E-state index contributed by atoms with van der Waals surface area (Å²) < 4.78 is 7.45. The maximum Gasteiger partial charge on any atom is 0.295 e. The molecule has 4 rings (SSSR count). The molecule has 2 aliphatic rings. The summed E-state index contributed by atoms with van der Waals surface area (Å²) in [6.07, 6.45) is 1.69. The molecular weight excluding hydrogens is 502 g/mol. The van der Waals surface area contributed by atoms with E-state index >= 15 is 0 Å². The van der Waals surface area contributed by atoms with Crippen LogP contribution in [0.3, 0.4) is 0 Å². The first-order chi connectivity index (χ1) is 14.0. The second kappa shape index (κ2) is 8.42. The summed E-state index contributed by atoms with van der Waals surface area (Å²) >= 11 is 6.79. The summed E-state index contributed by atoms with van der Waals surface area (Å²) in [5.74, 6) is -1.44. The van der Waals surface area contributed by atoms with Gasteiger partial charge in [0, 0.05) is 27.7 Å². The van der Waals surface area contributed by atoms with E-state index in [1.807, 2.05) is 24.3 Å². The molecule has 2 aliphatic heterocycles. The van der Waals surface area contributed by atoms with Gasteiger partial charge in [-0.3, -0.25) is 9.59 Å². The fourth-order valence-corrected chi connectivity index (χ4v) is 4.36. The highest BCUT2D eigenvalue weighted by molar-refractivity contribution is 9.10. The van der Waals surface area contributed by atoms with Crippen molar-refractivity contribution in [1.82, 2.24) is 4.90 Å². The molecule has 2 aromatic carbocycles. The zero-order valence-corrected chi connectivity index (χ0v) is 18.6. The van der Waals surface area contributed by atoms with Crippen LogP contribution in [-0.4, -0.2) is 41.0 Å². The highest BCUT2D eigenvalue weighted by Gasteiger charge is 2.47. The van der Waals surface area contributed by atoms with E-state index in [-0.39, 0.29) is 17.4 Å². The van der Waals surface area contributed by atoms with E-state index in [1.165, 1.54) is 4.90 Å². The van der Waals surface area contributed by atoms with Crippen LogP contribution in [0, 0.1) is 0 Å². The molecule has 0 aliphatic carbocycles. The van der Waals surface area contributed by atoms with Crippen LogP contribution in [0.5, 0.6) is 0 Å². The lowest BCUT2D eigenvalue weighted by Crippen LogP contribution is -2.36. The van der Waals surface area contributed by atoms with Gasteiger partial charge in [-0.25, -0.2) is 0 Å². The number of aliphatic hydroxyl groups is 1. The number of rotatable bonds is 4. The summed E-state index contributed by atoms with van der Waals surface area (Å²) in [5, 5.41) is 11.0. The SMILES string of the molecule is O=C1C(=O)N(CC2CCCO2)C(c2ccc(Br)cc2)/C1=C(/O)c1ccc(Br)cc1. The molecule has 0 bridgehead atoms. The zero-order valence-electron chi connectivity index (χ0n) is 15.5. The molecule has 150 valence electrons. The zero-order chi connectivity index (χ0) is 20.5. The Labute approximate surface area is 185 Å². The minimum Gasteiger partial charge on any atom is -0.507 e. The van der Waals surface area contributed by atoms with Crippen molar-refractivity contribution in [2.75, 3.05) is 13.2 Å². The quantitative estimate of drug-likeness (QED) is 0.357. The highest BCUT2D eigenvalue weighted by Crippen LogP contribution is 2.40. The Hall–Kier alpha value is -1.96. The number of ketones is 1. The minimum absolute atomic E-state index is 0.0983. The second-order valence-corrected chi connectivity index (χ2v) is 8.98. The van der Waals surface area contributed by atoms with Crippen LogP contribution in [0.25, 0.3) is 5.76 Å². The van der Waals surface area contributed by atoms with Crippen molar-refractivity contribution in [2.24, 2.45) is 0 Å². The van der Waals surface area contributed by atoms with Crippen LogP contribution >= 0.6 is 31.9 Å². The maximum atomic E-state index is 13.0. The van der Waals surface area contributed by atoms with Crippen molar-refractivity contribution in [3.8, 4) is 0 Å². The van der Waals surface area contributed by atoms with Crippen molar-refractivity contribution >= 4 is 49.3 Å². The predicted molar refractivity (Wildman–Crippen MR) is 116 cm³/mol. The Morgan fingerprint density at radius 1 is 1.03 bits per heavy atom. The molecule has 29 heavy (non-hydrogen) atoms. The molecule has 1 amide bonds. The van der Waals surface area contributed by atoms with Gasteiger partial charge < -0.3 is 14.7 Å². The van der Waals surface area contributed by atoms with Crippen molar-refractivity contribution in [1.29, 1.82) is 0 Å². The molecule has 2 heterocycles. The number of nitrogens with zero attached hydrogens (tertiary/aromatic N) is 1. The van der Waals surface area contributed by atoms with Gasteiger partial charge >= 0.3 is 0 Å². The van der Waals surface area contributed by atoms with Gasteiger partial charge in [0.1, 0.15) is 5.76 Å². The van der Waals surface area contributed by atoms with Crippen LogP contribution in [-0.2, 0) is 14.3 Å². The standard InChI is InChI=1S/C22H19Br2NO4/c23-15-7-3-13(4-8-15)19-18(20(26)14-5-9-16(24)10-6-14)21(27)22(28)25(19)12-17-2-1-11-29-17/h3-10,17,19,26H,1-2,11-12H2/b20-18-. The molecule has 0 aromatic heterocycles. The predicted octanol–water partition coefficient (Wildman–Crippen LogP) is 4.81. The number of benzene rings is 2. The lowest BCUT2D eigenvalue weighted by atomic mass is 9.95. The van der Waals surface area contributed by atoms with Crippen molar-refractivity contribution < 1.29 is 19.4 Å². The summed E-state index contributed by atoms with van der Waals surface area (Å²) in [6, 6.07) is 13.8. The lowest BCUT2D eigenvalue weighted by molar-refractivity contribution is -0.140. The summed E-state index contributed by atoms with van der Waals surface area (Å²) in [6.45, 7) is 0.985. The van der Waals surface area contributed by atoms with E-state index < -0.39 is 17.7 Å². The topological polar surface area (TPSA) is 66.8 Å². The minimum atomic E-state index is -0.670. The third-order valence-electron chi connectivity index (χ3n) is 5.27. The number of likely N-dealkylation sites (tertiary alicyclic amines) is 1. The maximum absolute atomic E-state index is 13.0. The number of carbonyl (C=O) groups is 2. The number of aliphatic hydroxyl groups excluding tert-OH is 1. The van der Waals surface area contributed by atoms with Crippen molar-refractivity contribution in [3.05, 3.63) is 74.2 Å². The Morgan fingerprint density at radius 2 is 1.66 bits per heavy atom. The molecule has 2 fully saturated rings. The van der Waals surface area contributed by atoms with Crippen molar-refractivity contribution in [3.63, 3.8) is 0 Å². The number of ether oxygens (including phenoxy) is 1. The Balaban J connectivity index is 1.81. The van der Waals surface area contributed by atoms with E-state index in [9.17, 15) is 14.7 Å². The Morgan fingerprint density at radius 3 is 2.24 bits per heavy atom. The Kier molecular flexibility index (Phi) is 5.90. The summed E-state index contributed by atoms with van der Waals surface area (Å²) in [4.78, 5) is 27.4. The molecule has 2 aromatic rings. The fourth-order valence-electron chi connectivity index (χ4n) is 3.83. The molecule has 0 saturated carbocycles. The average molecular weight is 521 g/mol. The average Bonchev–Trinajstić information content (AvgIpc) is 3.31. The third-order valence-corrected chi connectivity index (χ3v) is 6.33. The third kappa shape index (κ3) is 4.04. The first-order valence-corrected chi connectivity index (χ1v) is 11.0. The van der Waals surface area contributed by atoms with E-state index in [1.54, 1.807) is 24.3 Å². The van der Waals surface area contributed by atoms with Gasteiger partial charge in [0.05, 0.1) is 17.7 Å². The summed E-state index contributed by atoms with van der Waals surface area (Å²) in [5.41, 5.74) is 1.37. The van der Waals surface area contributed by atoms with Crippen LogP contribution in [0.4, 0.5) is 0 Å². The van der Waals surface area contributed by atoms with Gasteiger partial charge in [0.2, 0.25) is 0 Å². The van der Waals surface area contributed by atoms with Crippen molar-refractivity contribution in [2.45, 2.75) is 25.0 Å². The van der Waals surface area contributed by atoms with Gasteiger partial charge in [0.25, 0.3) is 11.7 Å². The number of hydrogen-bond donors (Lipinski definition) is 1. The molecule has 7 heteroatoms. The number of carbonyl (C=O) groups excluding carboxylic acids is 2. The van der Waals surface area contributed by atoms with Crippen LogP contribution < -0.4 is 0 Å². The normalized spacial score (nSPS) is 23.7. The van der Waals surface area contributed by atoms with Gasteiger partial charge in [-0.05, 0) is 42.7 Å². The Bertz CT molecular complexity index is 963. The van der Waals surface area contributed by atoms with Gasteiger partial charge in [-0.2, -0.15) is 0 Å². The number of halogens is 2.